The monoisotopic (exact) mass is 527 g/mol. The third-order valence-electron chi connectivity index (χ3n) is 5.74. The van der Waals surface area contributed by atoms with Gasteiger partial charge in [0.05, 0.1) is 15.1 Å². The van der Waals surface area contributed by atoms with Gasteiger partial charge in [-0.2, -0.15) is 9.30 Å². The fourth-order valence-electron chi connectivity index (χ4n) is 3.98. The summed E-state index contributed by atoms with van der Waals surface area (Å²) in [7, 11) is -3.71. The van der Waals surface area contributed by atoms with Gasteiger partial charge in [-0.25, -0.2) is 8.42 Å². The van der Waals surface area contributed by atoms with E-state index in [1.165, 1.54) is 39.9 Å². The number of amides is 1. The van der Waals surface area contributed by atoms with Crippen molar-refractivity contribution >= 4 is 49.1 Å². The quantitative estimate of drug-likeness (QED) is 0.312. The molecule has 1 aromatic heterocycles. The number of aryl methyl sites for hydroxylation is 2. The van der Waals surface area contributed by atoms with E-state index >= 15 is 0 Å². The van der Waals surface area contributed by atoms with Crippen molar-refractivity contribution in [3.63, 3.8) is 0 Å². The molecule has 0 radical (unpaired) electrons. The molecular weight excluding hydrogens is 502 g/mol. The van der Waals surface area contributed by atoms with Gasteiger partial charge < -0.3 is 4.57 Å². The van der Waals surface area contributed by atoms with Crippen molar-refractivity contribution in [3.05, 3.63) is 93.2 Å². The van der Waals surface area contributed by atoms with Crippen LogP contribution in [0.1, 0.15) is 35.3 Å². The lowest BCUT2D eigenvalue weighted by atomic mass is 10.2. The number of thiazole rings is 1. The number of hydrogen-bond acceptors (Lipinski definition) is 4. The topological polar surface area (TPSA) is 71.7 Å². The lowest BCUT2D eigenvalue weighted by molar-refractivity contribution is 0.0997. The van der Waals surface area contributed by atoms with Crippen LogP contribution in [0.25, 0.3) is 10.2 Å². The third-order valence-corrected chi connectivity index (χ3v) is 8.92. The number of carbonyl (C=O) groups excluding carboxylic acids is 1. The van der Waals surface area contributed by atoms with E-state index in [2.05, 4.69) is 4.99 Å². The Morgan fingerprint density at radius 3 is 2.37 bits per heavy atom. The summed E-state index contributed by atoms with van der Waals surface area (Å²) >= 11 is 7.61. The predicted octanol–water partition coefficient (Wildman–Crippen LogP) is 5.64. The van der Waals surface area contributed by atoms with Crippen molar-refractivity contribution in [2.45, 2.75) is 38.8 Å². The van der Waals surface area contributed by atoms with Crippen LogP contribution in [0, 0.1) is 6.92 Å². The summed E-state index contributed by atoms with van der Waals surface area (Å²) in [5.41, 5.74) is 3.26. The minimum Gasteiger partial charge on any atom is -0.316 e. The molecule has 4 aromatic rings. The second kappa shape index (κ2) is 10.5. The molecular formula is C26H26ClN3O3S2. The van der Waals surface area contributed by atoms with Crippen molar-refractivity contribution in [1.29, 1.82) is 0 Å². The standard InChI is InChI=1S/C26H26ClN3O3S2/c1-4-29(17-19-9-7-6-8-10-19)35(32,33)22-13-11-20(12-14-22)25(31)28-26-30(5-2)24-18(3)15-21(27)16-23(24)34-26/h6-16H,4-5,17H2,1-3H3. The molecule has 0 aliphatic rings. The summed E-state index contributed by atoms with van der Waals surface area (Å²) in [4.78, 5) is 18.0. The second-order valence-corrected chi connectivity index (χ2v) is 11.4. The maximum Gasteiger partial charge on any atom is 0.279 e. The molecule has 4 rings (SSSR count). The molecule has 3 aromatic carbocycles. The van der Waals surface area contributed by atoms with Crippen LogP contribution in [0.15, 0.2) is 76.6 Å². The summed E-state index contributed by atoms with van der Waals surface area (Å²) in [6, 6.07) is 19.2. The minimum atomic E-state index is -3.71. The zero-order chi connectivity index (χ0) is 25.2. The number of benzene rings is 3. The molecule has 9 heteroatoms. The molecule has 0 N–H and O–H groups in total. The molecule has 0 saturated heterocycles. The van der Waals surface area contributed by atoms with E-state index < -0.39 is 15.9 Å². The molecule has 35 heavy (non-hydrogen) atoms. The highest BCUT2D eigenvalue weighted by Crippen LogP contribution is 2.26. The van der Waals surface area contributed by atoms with E-state index in [1.807, 2.05) is 60.9 Å². The van der Waals surface area contributed by atoms with Gasteiger partial charge in [0.25, 0.3) is 5.91 Å². The smallest absolute Gasteiger partial charge is 0.279 e. The summed E-state index contributed by atoms with van der Waals surface area (Å²) in [6.07, 6.45) is 0. The van der Waals surface area contributed by atoms with Crippen molar-refractivity contribution in [1.82, 2.24) is 8.87 Å². The molecule has 182 valence electrons. The summed E-state index contributed by atoms with van der Waals surface area (Å²) < 4.78 is 30.7. The summed E-state index contributed by atoms with van der Waals surface area (Å²) in [6.45, 7) is 7.05. The number of rotatable bonds is 7. The average Bonchev–Trinajstić information content (AvgIpc) is 3.20. The molecule has 6 nitrogen and oxygen atoms in total. The van der Waals surface area contributed by atoms with Crippen molar-refractivity contribution in [2.75, 3.05) is 6.54 Å². The highest BCUT2D eigenvalue weighted by molar-refractivity contribution is 7.89. The second-order valence-electron chi connectivity index (χ2n) is 8.06. The Kier molecular flexibility index (Phi) is 7.56. The fourth-order valence-corrected chi connectivity index (χ4v) is 6.96. The molecule has 0 atom stereocenters. The maximum absolute atomic E-state index is 13.2. The first-order valence-electron chi connectivity index (χ1n) is 11.3. The summed E-state index contributed by atoms with van der Waals surface area (Å²) in [5, 5.41) is 0.641. The Bertz CT molecular complexity index is 1540. The molecule has 0 aliphatic heterocycles. The zero-order valence-electron chi connectivity index (χ0n) is 19.7. The van der Waals surface area contributed by atoms with Gasteiger partial charge in [-0.3, -0.25) is 4.79 Å². The Morgan fingerprint density at radius 1 is 1.06 bits per heavy atom. The Balaban J connectivity index is 1.63. The van der Waals surface area contributed by atoms with Gasteiger partial charge in [-0.1, -0.05) is 60.2 Å². The Labute approximate surface area is 214 Å². The molecule has 1 heterocycles. The van der Waals surface area contributed by atoms with Gasteiger partial charge in [0.1, 0.15) is 0 Å². The van der Waals surface area contributed by atoms with E-state index in [4.69, 9.17) is 11.6 Å². The molecule has 1 amide bonds. The molecule has 0 spiro atoms. The van der Waals surface area contributed by atoms with E-state index in [0.29, 0.717) is 28.5 Å². The van der Waals surface area contributed by atoms with Gasteiger partial charge in [0, 0.05) is 30.2 Å². The molecule has 0 aliphatic carbocycles. The van der Waals surface area contributed by atoms with E-state index in [1.54, 1.807) is 6.92 Å². The number of aromatic nitrogens is 1. The zero-order valence-corrected chi connectivity index (χ0v) is 22.1. The van der Waals surface area contributed by atoms with Crippen molar-refractivity contribution < 1.29 is 13.2 Å². The molecule has 0 saturated carbocycles. The largest absolute Gasteiger partial charge is 0.316 e. The van der Waals surface area contributed by atoms with Gasteiger partial charge in [0.2, 0.25) is 10.0 Å². The predicted molar refractivity (Wildman–Crippen MR) is 141 cm³/mol. The van der Waals surface area contributed by atoms with Crippen LogP contribution >= 0.6 is 22.9 Å². The SMILES string of the molecule is CCN(Cc1ccccc1)S(=O)(=O)c1ccc(C(=O)N=c2sc3cc(Cl)cc(C)c3n2CC)cc1. The van der Waals surface area contributed by atoms with Crippen molar-refractivity contribution in [3.8, 4) is 0 Å². The lowest BCUT2D eigenvalue weighted by Gasteiger charge is -2.20. The number of nitrogens with zero attached hydrogens (tertiary/aromatic N) is 3. The minimum absolute atomic E-state index is 0.141. The van der Waals surface area contributed by atoms with Crippen LogP contribution in [0.5, 0.6) is 0 Å². The van der Waals surface area contributed by atoms with Crippen LogP contribution in [0.3, 0.4) is 0 Å². The van der Waals surface area contributed by atoms with Crippen LogP contribution in [0.4, 0.5) is 0 Å². The number of hydrogen-bond donors (Lipinski definition) is 0. The molecule has 0 unspecified atom stereocenters. The number of fused-ring (bicyclic) bond motifs is 1. The van der Waals surface area contributed by atoms with E-state index in [-0.39, 0.29) is 11.4 Å². The van der Waals surface area contributed by atoms with Crippen LogP contribution < -0.4 is 4.80 Å². The number of halogens is 1. The summed E-state index contributed by atoms with van der Waals surface area (Å²) in [5.74, 6) is -0.428. The number of carbonyl (C=O) groups is 1. The average molecular weight is 528 g/mol. The van der Waals surface area contributed by atoms with Gasteiger partial charge >= 0.3 is 0 Å². The van der Waals surface area contributed by atoms with Gasteiger partial charge in [-0.05, 0) is 61.4 Å². The normalized spacial score (nSPS) is 12.5. The first-order valence-corrected chi connectivity index (χ1v) is 13.9. The van der Waals surface area contributed by atoms with Gasteiger partial charge in [0.15, 0.2) is 4.80 Å². The van der Waals surface area contributed by atoms with Crippen molar-refractivity contribution in [2.24, 2.45) is 4.99 Å². The lowest BCUT2D eigenvalue weighted by Crippen LogP contribution is -2.30. The van der Waals surface area contributed by atoms with Crippen LogP contribution in [-0.2, 0) is 23.1 Å². The highest BCUT2D eigenvalue weighted by Gasteiger charge is 2.23. The van der Waals surface area contributed by atoms with Crippen LogP contribution in [-0.4, -0.2) is 29.7 Å². The Morgan fingerprint density at radius 2 is 1.74 bits per heavy atom. The maximum atomic E-state index is 13.2. The van der Waals surface area contributed by atoms with Crippen LogP contribution in [0.2, 0.25) is 5.02 Å². The van der Waals surface area contributed by atoms with Gasteiger partial charge in [-0.15, -0.1) is 0 Å². The number of sulfonamides is 1. The molecule has 0 fully saturated rings. The first kappa shape index (κ1) is 25.3. The fraction of sp³-hybridized carbons (Fsp3) is 0.231. The Hall–Kier alpha value is -2.78. The van der Waals surface area contributed by atoms with E-state index in [0.717, 1.165) is 21.3 Å². The highest BCUT2D eigenvalue weighted by atomic mass is 35.5. The molecule has 0 bridgehead atoms. The third kappa shape index (κ3) is 5.26. The van der Waals surface area contributed by atoms with E-state index in [9.17, 15) is 13.2 Å². The first-order chi connectivity index (χ1) is 16.7.